The molecule has 0 aliphatic rings. The van der Waals surface area contributed by atoms with Crippen molar-refractivity contribution in [3.63, 3.8) is 0 Å². The normalized spacial score (nSPS) is 11.0. The number of nitrogens with one attached hydrogen (secondary N) is 1. The number of hydrogen-bond acceptors (Lipinski definition) is 3. The van der Waals surface area contributed by atoms with Crippen molar-refractivity contribution in [3.8, 4) is 0 Å². The van der Waals surface area contributed by atoms with E-state index in [0.29, 0.717) is 0 Å². The predicted octanol–water partition coefficient (Wildman–Crippen LogP) is 2.43. The molecule has 0 aliphatic heterocycles. The third kappa shape index (κ3) is 3.41. The summed E-state index contributed by atoms with van der Waals surface area (Å²) in [7, 11) is 1.95. The van der Waals surface area contributed by atoms with Crippen molar-refractivity contribution in [2.24, 2.45) is 7.05 Å². The van der Waals surface area contributed by atoms with E-state index < -0.39 is 0 Å². The molecule has 1 N–H and O–H groups in total. The molecular formula is C13H19N3S. The maximum absolute atomic E-state index is 4.36. The van der Waals surface area contributed by atoms with Crippen LogP contribution in [0.15, 0.2) is 18.3 Å². The standard InChI is InChI=1S/C13H19N3S/c1-10-8-12(11(2)17-10)9-14-6-4-13-5-7-16(3)15-13/h5,7-8,14H,4,6,9H2,1-3H3. The van der Waals surface area contributed by atoms with E-state index in [1.54, 1.807) is 0 Å². The van der Waals surface area contributed by atoms with Gasteiger partial charge in [-0.2, -0.15) is 5.10 Å². The van der Waals surface area contributed by atoms with Crippen LogP contribution in [0.3, 0.4) is 0 Å². The fourth-order valence-corrected chi connectivity index (χ4v) is 2.84. The highest BCUT2D eigenvalue weighted by Crippen LogP contribution is 2.20. The minimum atomic E-state index is 0.961. The minimum Gasteiger partial charge on any atom is -0.312 e. The molecule has 0 bridgehead atoms. The van der Waals surface area contributed by atoms with Crippen molar-refractivity contribution in [1.29, 1.82) is 0 Å². The SMILES string of the molecule is Cc1cc(CNCCc2ccn(C)n2)c(C)s1. The maximum Gasteiger partial charge on any atom is 0.0637 e. The van der Waals surface area contributed by atoms with Crippen LogP contribution in [-0.2, 0) is 20.0 Å². The van der Waals surface area contributed by atoms with E-state index in [9.17, 15) is 0 Å². The Morgan fingerprint density at radius 2 is 2.24 bits per heavy atom. The van der Waals surface area contributed by atoms with Gasteiger partial charge in [-0.25, -0.2) is 0 Å². The first-order valence-electron chi connectivity index (χ1n) is 5.90. The second-order valence-electron chi connectivity index (χ2n) is 4.35. The molecule has 4 heteroatoms. The fourth-order valence-electron chi connectivity index (χ4n) is 1.90. The summed E-state index contributed by atoms with van der Waals surface area (Å²) in [5.74, 6) is 0. The first kappa shape index (κ1) is 12.3. The van der Waals surface area contributed by atoms with Crippen LogP contribution in [0.4, 0.5) is 0 Å². The molecule has 2 heterocycles. The van der Waals surface area contributed by atoms with E-state index in [1.807, 2.05) is 29.3 Å². The molecular weight excluding hydrogens is 230 g/mol. The molecule has 3 nitrogen and oxygen atoms in total. The zero-order valence-electron chi connectivity index (χ0n) is 10.7. The lowest BCUT2D eigenvalue weighted by Gasteiger charge is -2.02. The van der Waals surface area contributed by atoms with Crippen LogP contribution in [0.5, 0.6) is 0 Å². The zero-order chi connectivity index (χ0) is 12.3. The van der Waals surface area contributed by atoms with Crippen LogP contribution in [0.1, 0.15) is 21.0 Å². The molecule has 0 amide bonds. The van der Waals surface area contributed by atoms with Crippen molar-refractivity contribution in [3.05, 3.63) is 39.3 Å². The van der Waals surface area contributed by atoms with Gasteiger partial charge in [0.25, 0.3) is 0 Å². The van der Waals surface area contributed by atoms with E-state index in [-0.39, 0.29) is 0 Å². The Kier molecular flexibility index (Phi) is 3.97. The van der Waals surface area contributed by atoms with E-state index in [1.165, 1.54) is 15.3 Å². The van der Waals surface area contributed by atoms with E-state index >= 15 is 0 Å². The summed E-state index contributed by atoms with van der Waals surface area (Å²) in [5.41, 5.74) is 2.58. The van der Waals surface area contributed by atoms with Gasteiger partial charge in [-0.15, -0.1) is 11.3 Å². The van der Waals surface area contributed by atoms with Gasteiger partial charge in [0, 0.05) is 42.5 Å². The number of rotatable bonds is 5. The number of hydrogen-bond donors (Lipinski definition) is 1. The number of thiophene rings is 1. The van der Waals surface area contributed by atoms with Gasteiger partial charge in [0.2, 0.25) is 0 Å². The second-order valence-corrected chi connectivity index (χ2v) is 5.81. The Balaban J connectivity index is 1.75. The van der Waals surface area contributed by atoms with Crippen LogP contribution in [0.25, 0.3) is 0 Å². The summed E-state index contributed by atoms with van der Waals surface area (Å²) in [4.78, 5) is 2.82. The lowest BCUT2D eigenvalue weighted by molar-refractivity contribution is 0.665. The van der Waals surface area contributed by atoms with Gasteiger partial charge >= 0.3 is 0 Å². The van der Waals surface area contributed by atoms with Gasteiger partial charge in [-0.1, -0.05) is 0 Å². The molecule has 0 saturated carbocycles. The Morgan fingerprint density at radius 3 is 2.82 bits per heavy atom. The summed E-state index contributed by atoms with van der Waals surface area (Å²) >= 11 is 1.87. The molecule has 0 aromatic carbocycles. The number of aryl methyl sites for hydroxylation is 3. The lowest BCUT2D eigenvalue weighted by atomic mass is 10.2. The van der Waals surface area contributed by atoms with Gasteiger partial charge in [0.1, 0.15) is 0 Å². The molecule has 0 aliphatic carbocycles. The summed E-state index contributed by atoms with van der Waals surface area (Å²) in [6, 6.07) is 4.34. The second kappa shape index (κ2) is 5.47. The average Bonchev–Trinajstić information content (AvgIpc) is 2.81. The van der Waals surface area contributed by atoms with Gasteiger partial charge in [0.05, 0.1) is 5.69 Å². The van der Waals surface area contributed by atoms with Crippen molar-refractivity contribution >= 4 is 11.3 Å². The smallest absolute Gasteiger partial charge is 0.0637 e. The minimum absolute atomic E-state index is 0.961. The molecule has 92 valence electrons. The summed E-state index contributed by atoms with van der Waals surface area (Å²) < 4.78 is 1.85. The van der Waals surface area contributed by atoms with Gasteiger partial charge in [-0.05, 0) is 31.5 Å². The van der Waals surface area contributed by atoms with E-state index in [2.05, 4.69) is 36.4 Å². The topological polar surface area (TPSA) is 29.9 Å². The molecule has 0 unspecified atom stereocenters. The van der Waals surface area contributed by atoms with Crippen molar-refractivity contribution in [2.45, 2.75) is 26.8 Å². The average molecular weight is 249 g/mol. The molecule has 0 saturated heterocycles. The van der Waals surface area contributed by atoms with Crippen molar-refractivity contribution < 1.29 is 0 Å². The van der Waals surface area contributed by atoms with E-state index in [4.69, 9.17) is 0 Å². The molecule has 2 rings (SSSR count). The van der Waals surface area contributed by atoms with E-state index in [0.717, 1.165) is 25.2 Å². The molecule has 17 heavy (non-hydrogen) atoms. The first-order chi connectivity index (χ1) is 8.15. The van der Waals surface area contributed by atoms with Crippen molar-refractivity contribution in [2.75, 3.05) is 6.54 Å². The third-order valence-corrected chi connectivity index (χ3v) is 3.79. The predicted molar refractivity (Wildman–Crippen MR) is 72.4 cm³/mol. The summed E-state index contributed by atoms with van der Waals surface area (Å²) in [6.07, 6.45) is 2.98. The summed E-state index contributed by atoms with van der Waals surface area (Å²) in [5, 5.41) is 7.83. The highest BCUT2D eigenvalue weighted by atomic mass is 32.1. The van der Waals surface area contributed by atoms with Crippen LogP contribution in [-0.4, -0.2) is 16.3 Å². The van der Waals surface area contributed by atoms with Crippen LogP contribution in [0, 0.1) is 13.8 Å². The third-order valence-electron chi connectivity index (χ3n) is 2.79. The molecule has 2 aromatic heterocycles. The molecule has 2 aromatic rings. The van der Waals surface area contributed by atoms with Crippen LogP contribution < -0.4 is 5.32 Å². The molecule has 0 radical (unpaired) electrons. The first-order valence-corrected chi connectivity index (χ1v) is 6.72. The van der Waals surface area contributed by atoms with Crippen molar-refractivity contribution in [1.82, 2.24) is 15.1 Å². The van der Waals surface area contributed by atoms with Gasteiger partial charge < -0.3 is 5.32 Å². The Hall–Kier alpha value is -1.13. The fraction of sp³-hybridized carbons (Fsp3) is 0.462. The largest absolute Gasteiger partial charge is 0.312 e. The highest BCUT2D eigenvalue weighted by molar-refractivity contribution is 7.12. The zero-order valence-corrected chi connectivity index (χ0v) is 11.5. The Bertz CT molecular complexity index is 485. The lowest BCUT2D eigenvalue weighted by Crippen LogP contribution is -2.17. The Labute approximate surface area is 106 Å². The van der Waals surface area contributed by atoms with Gasteiger partial charge in [0.15, 0.2) is 0 Å². The van der Waals surface area contributed by atoms with Gasteiger partial charge in [-0.3, -0.25) is 4.68 Å². The number of nitrogens with zero attached hydrogens (tertiary/aromatic N) is 2. The monoisotopic (exact) mass is 249 g/mol. The quantitative estimate of drug-likeness (QED) is 0.825. The highest BCUT2D eigenvalue weighted by Gasteiger charge is 2.02. The van der Waals surface area contributed by atoms with Crippen LogP contribution in [0.2, 0.25) is 0 Å². The summed E-state index contributed by atoms with van der Waals surface area (Å²) in [6.45, 7) is 6.29. The number of aromatic nitrogens is 2. The molecule has 0 fully saturated rings. The van der Waals surface area contributed by atoms with Crippen LogP contribution >= 0.6 is 11.3 Å². The maximum atomic E-state index is 4.36. The Morgan fingerprint density at radius 1 is 1.41 bits per heavy atom. The molecule has 0 atom stereocenters. The molecule has 0 spiro atoms.